The molecule has 0 saturated carbocycles. The summed E-state index contributed by atoms with van der Waals surface area (Å²) in [7, 11) is 1.38. The number of nitrogens with zero attached hydrogens (tertiary/aromatic N) is 6. The van der Waals surface area contributed by atoms with Gasteiger partial charge >= 0.3 is 5.97 Å². The third kappa shape index (κ3) is 11.2. The predicted octanol–water partition coefficient (Wildman–Crippen LogP) is 10.4. The molecule has 0 aliphatic heterocycles. The van der Waals surface area contributed by atoms with Crippen LogP contribution in [0.4, 0.5) is 0 Å². The van der Waals surface area contributed by atoms with E-state index in [-0.39, 0.29) is 23.6 Å². The smallest absolute Gasteiger partial charge is 0.305 e. The average Bonchev–Trinajstić information content (AvgIpc) is 3.81. The van der Waals surface area contributed by atoms with Gasteiger partial charge in [0.05, 0.1) is 7.11 Å². The van der Waals surface area contributed by atoms with E-state index in [0.717, 1.165) is 57.2 Å². The zero-order valence-electron chi connectivity index (χ0n) is 33.5. The number of hydrogen-bond donors (Lipinski definition) is 2. The molecule has 2 N–H and O–H groups in total. The van der Waals surface area contributed by atoms with Crippen molar-refractivity contribution in [3.63, 3.8) is 0 Å². The molecule has 2 aromatic heterocycles. The van der Waals surface area contributed by atoms with E-state index >= 15 is 0 Å². The molecule has 0 unspecified atom stereocenters. The third-order valence-electron chi connectivity index (χ3n) is 9.92. The number of rotatable bonds is 16. The Labute approximate surface area is 325 Å². The molecule has 2 heterocycles. The predicted molar refractivity (Wildman–Crippen MR) is 220 cm³/mol. The number of phenolic OH excluding ortho intramolecular Hbond substituents is 2. The van der Waals surface area contributed by atoms with Crippen LogP contribution in [0, 0.1) is 6.92 Å². The Balaban J connectivity index is 0.000000212. The lowest BCUT2D eigenvalue weighted by Gasteiger charge is -2.23. The van der Waals surface area contributed by atoms with Gasteiger partial charge in [-0.3, -0.25) is 4.79 Å². The first-order chi connectivity index (χ1) is 26.5. The first-order valence-electron chi connectivity index (χ1n) is 19.9. The molecule has 0 saturated heterocycles. The van der Waals surface area contributed by atoms with Crippen LogP contribution in [0.1, 0.15) is 121 Å². The molecule has 0 aliphatic carbocycles. The van der Waals surface area contributed by atoms with Gasteiger partial charge in [0.15, 0.2) is 0 Å². The Morgan fingerprint density at radius 3 is 1.60 bits per heavy atom. The number of aromatic hydroxyl groups is 2. The molecule has 0 amide bonds. The quantitative estimate of drug-likeness (QED) is 0.0740. The van der Waals surface area contributed by atoms with Crippen molar-refractivity contribution in [3.8, 4) is 22.9 Å². The summed E-state index contributed by atoms with van der Waals surface area (Å²) in [6.45, 7) is 10.4. The van der Waals surface area contributed by atoms with Gasteiger partial charge in [0.1, 0.15) is 44.9 Å². The molecule has 0 bridgehead atoms. The van der Waals surface area contributed by atoms with Crippen molar-refractivity contribution in [2.24, 2.45) is 0 Å². The average molecular weight is 747 g/mol. The van der Waals surface area contributed by atoms with Crippen molar-refractivity contribution < 1.29 is 19.7 Å². The van der Waals surface area contributed by atoms with E-state index in [4.69, 9.17) is 4.74 Å². The van der Waals surface area contributed by atoms with Crippen LogP contribution in [0.15, 0.2) is 72.8 Å². The van der Waals surface area contributed by atoms with Crippen LogP contribution in [0.3, 0.4) is 0 Å². The molecule has 0 atom stereocenters. The molecule has 10 nitrogen and oxygen atoms in total. The highest BCUT2D eigenvalue weighted by molar-refractivity contribution is 5.75. The Morgan fingerprint density at radius 1 is 0.655 bits per heavy atom. The van der Waals surface area contributed by atoms with Crippen LogP contribution in [0.5, 0.6) is 11.5 Å². The summed E-state index contributed by atoms with van der Waals surface area (Å²) in [5.41, 5.74) is 7.93. The minimum atomic E-state index is -0.271. The van der Waals surface area contributed by atoms with Crippen LogP contribution in [-0.4, -0.2) is 53.3 Å². The molecule has 0 aliphatic rings. The highest BCUT2D eigenvalue weighted by Gasteiger charge is 2.23. The molecule has 6 rings (SSSR count). The second kappa shape index (κ2) is 19.4. The topological polar surface area (TPSA) is 128 Å². The first-order valence-corrected chi connectivity index (χ1v) is 19.9. The molecule has 55 heavy (non-hydrogen) atoms. The molecule has 6 aromatic rings. The standard InChI is InChI=1S/C25H35N3O.C20H23N3O3/c1-3-4-5-6-7-8-9-10-11-12-15-21-18-20(2)19-24(25(21)29)28-26-22-16-13-14-17-23(22)27-28;1-20(2,3)14-11-13(9-10-18(24)26-4)12-17(19(14)25)23-21-15-7-5-6-8-16(15)22-23/h13-14,16-19,29H,3-12,15H2,1-2H3;5-8,11-12,25H,9-10H2,1-4H3. The van der Waals surface area contributed by atoms with Gasteiger partial charge in [-0.25, -0.2) is 0 Å². The van der Waals surface area contributed by atoms with E-state index in [1.165, 1.54) is 69.7 Å². The molecule has 0 spiro atoms. The van der Waals surface area contributed by atoms with Crippen molar-refractivity contribution >= 4 is 28.0 Å². The molecule has 292 valence electrons. The highest BCUT2D eigenvalue weighted by atomic mass is 16.5. The second-order valence-corrected chi connectivity index (χ2v) is 15.5. The number of fused-ring (bicyclic) bond motifs is 2. The summed E-state index contributed by atoms with van der Waals surface area (Å²) >= 11 is 0. The number of benzene rings is 4. The zero-order valence-corrected chi connectivity index (χ0v) is 33.5. The fourth-order valence-electron chi connectivity index (χ4n) is 6.81. The minimum Gasteiger partial charge on any atom is -0.505 e. The summed E-state index contributed by atoms with van der Waals surface area (Å²) in [5.74, 6) is 0.200. The normalized spacial score (nSPS) is 11.5. The Bertz CT molecular complexity index is 2100. The number of unbranched alkanes of at least 4 members (excludes halogenated alkanes) is 9. The van der Waals surface area contributed by atoms with E-state index in [2.05, 4.69) is 40.3 Å². The molecular weight excluding hydrogens is 689 g/mol. The van der Waals surface area contributed by atoms with Gasteiger partial charge in [-0.05, 0) is 84.7 Å². The van der Waals surface area contributed by atoms with Crippen LogP contribution >= 0.6 is 0 Å². The largest absolute Gasteiger partial charge is 0.505 e. The van der Waals surface area contributed by atoms with E-state index < -0.39 is 0 Å². The van der Waals surface area contributed by atoms with E-state index in [0.29, 0.717) is 23.5 Å². The van der Waals surface area contributed by atoms with Gasteiger partial charge in [0.25, 0.3) is 0 Å². The lowest BCUT2D eigenvalue weighted by molar-refractivity contribution is -0.140. The lowest BCUT2D eigenvalue weighted by atomic mass is 9.84. The Kier molecular flexibility index (Phi) is 14.4. The fraction of sp³-hybridized carbons (Fsp3) is 0.444. The SMILES string of the molecule is CCCCCCCCCCCCc1cc(C)cc(-n2nc3ccccc3n2)c1O.COC(=O)CCc1cc(-n2nc3ccccc3n2)c(O)c(C(C)(C)C)c1. The number of methoxy groups -OCH3 is 1. The maximum Gasteiger partial charge on any atom is 0.305 e. The van der Waals surface area contributed by atoms with Gasteiger partial charge in [-0.1, -0.05) is 122 Å². The van der Waals surface area contributed by atoms with Crippen LogP contribution in [-0.2, 0) is 27.8 Å². The number of hydrogen-bond acceptors (Lipinski definition) is 8. The highest BCUT2D eigenvalue weighted by Crippen LogP contribution is 2.37. The van der Waals surface area contributed by atoms with Crippen molar-refractivity contribution in [1.82, 2.24) is 30.0 Å². The molecule has 0 fully saturated rings. The van der Waals surface area contributed by atoms with Gasteiger partial charge in [0.2, 0.25) is 0 Å². The molecular formula is C45H58N6O4. The second-order valence-electron chi connectivity index (χ2n) is 15.5. The summed E-state index contributed by atoms with van der Waals surface area (Å²) < 4.78 is 4.73. The molecule has 10 heteroatoms. The molecule has 0 radical (unpaired) electrons. The van der Waals surface area contributed by atoms with Crippen LogP contribution in [0.2, 0.25) is 0 Å². The van der Waals surface area contributed by atoms with Gasteiger partial charge < -0.3 is 14.9 Å². The fourth-order valence-corrected chi connectivity index (χ4v) is 6.81. The van der Waals surface area contributed by atoms with Crippen LogP contribution in [0.25, 0.3) is 33.4 Å². The zero-order chi connectivity index (χ0) is 39.4. The Morgan fingerprint density at radius 2 is 1.13 bits per heavy atom. The van der Waals surface area contributed by atoms with Crippen LogP contribution < -0.4 is 0 Å². The maximum absolute atomic E-state index is 11.5. The number of aryl methyl sites for hydroxylation is 3. The van der Waals surface area contributed by atoms with Gasteiger partial charge in [-0.15, -0.1) is 30.0 Å². The lowest BCUT2D eigenvalue weighted by Crippen LogP contribution is -2.14. The van der Waals surface area contributed by atoms with Gasteiger partial charge in [-0.2, -0.15) is 0 Å². The third-order valence-corrected chi connectivity index (χ3v) is 9.92. The monoisotopic (exact) mass is 746 g/mol. The van der Waals surface area contributed by atoms with E-state index in [1.54, 1.807) is 4.80 Å². The van der Waals surface area contributed by atoms with Crippen molar-refractivity contribution in [2.45, 2.75) is 124 Å². The Hall–Kier alpha value is -5.25. The summed E-state index contributed by atoms with van der Waals surface area (Å²) in [6, 6.07) is 23.1. The molecule has 4 aromatic carbocycles. The van der Waals surface area contributed by atoms with Crippen molar-refractivity contribution in [1.29, 1.82) is 0 Å². The summed E-state index contributed by atoms with van der Waals surface area (Å²) in [5, 5.41) is 39.7. The van der Waals surface area contributed by atoms with Crippen molar-refractivity contribution in [2.75, 3.05) is 7.11 Å². The number of aromatic nitrogens is 6. The van der Waals surface area contributed by atoms with E-state index in [9.17, 15) is 15.0 Å². The maximum atomic E-state index is 11.5. The number of esters is 1. The number of carbonyl (C=O) groups is 1. The summed E-state index contributed by atoms with van der Waals surface area (Å²) in [6.07, 6.45) is 14.9. The number of phenols is 2. The summed E-state index contributed by atoms with van der Waals surface area (Å²) in [4.78, 5) is 14.5. The van der Waals surface area contributed by atoms with E-state index in [1.807, 2.05) is 87.5 Å². The van der Waals surface area contributed by atoms with Crippen molar-refractivity contribution in [3.05, 3.63) is 95.1 Å². The minimum absolute atomic E-state index is 0.152. The van der Waals surface area contributed by atoms with Gasteiger partial charge in [0, 0.05) is 12.0 Å². The first kappa shape index (κ1) is 40.9. The number of carbonyl (C=O) groups excluding carboxylic acids is 1. The number of ether oxygens (including phenoxy) is 1.